The molecule has 2 rings (SSSR count). The largest absolute Gasteiger partial charge is 0.293 e. The molecule has 7 heteroatoms. The summed E-state index contributed by atoms with van der Waals surface area (Å²) >= 11 is 12.7. The zero-order valence-corrected chi connectivity index (χ0v) is 13.5. The molecule has 1 aromatic heterocycles. The van der Waals surface area contributed by atoms with Gasteiger partial charge in [0.15, 0.2) is 15.6 Å². The maximum Gasteiger partial charge on any atom is 0.186 e. The molecule has 0 aliphatic rings. The first-order chi connectivity index (χ1) is 9.31. The Labute approximate surface area is 131 Å². The SMILES string of the molecule is Cc1ccccc1S(=O)(=O)CC(=O)c1cc(Cl)sc1Cl. The maximum atomic E-state index is 12.3. The van der Waals surface area contributed by atoms with Crippen LogP contribution in [-0.4, -0.2) is 20.0 Å². The van der Waals surface area contributed by atoms with Crippen LogP contribution in [0.2, 0.25) is 8.67 Å². The molecule has 0 spiro atoms. The minimum atomic E-state index is -3.69. The number of rotatable bonds is 4. The Hall–Kier alpha value is -0.880. The van der Waals surface area contributed by atoms with E-state index in [1.165, 1.54) is 12.1 Å². The molecule has 0 saturated heterocycles. The van der Waals surface area contributed by atoms with Crippen molar-refractivity contribution in [2.24, 2.45) is 0 Å². The topological polar surface area (TPSA) is 51.2 Å². The highest BCUT2D eigenvalue weighted by molar-refractivity contribution is 7.92. The number of ketones is 1. The zero-order valence-electron chi connectivity index (χ0n) is 10.4. The fraction of sp³-hybridized carbons (Fsp3) is 0.154. The molecule has 0 amide bonds. The third-order valence-electron chi connectivity index (χ3n) is 2.71. The highest BCUT2D eigenvalue weighted by Crippen LogP contribution is 2.32. The van der Waals surface area contributed by atoms with Crippen molar-refractivity contribution in [3.63, 3.8) is 0 Å². The second kappa shape index (κ2) is 5.85. The molecule has 0 atom stereocenters. The van der Waals surface area contributed by atoms with E-state index in [9.17, 15) is 13.2 Å². The monoisotopic (exact) mass is 348 g/mol. The zero-order chi connectivity index (χ0) is 14.9. The molecule has 0 radical (unpaired) electrons. The van der Waals surface area contributed by atoms with Crippen molar-refractivity contribution in [3.05, 3.63) is 50.1 Å². The van der Waals surface area contributed by atoms with Crippen LogP contribution in [0.15, 0.2) is 35.2 Å². The van der Waals surface area contributed by atoms with Gasteiger partial charge in [0.2, 0.25) is 0 Å². The van der Waals surface area contributed by atoms with Gasteiger partial charge in [-0.15, -0.1) is 11.3 Å². The van der Waals surface area contributed by atoms with Crippen molar-refractivity contribution >= 4 is 50.2 Å². The first-order valence-corrected chi connectivity index (χ1v) is 8.80. The number of halogens is 2. The van der Waals surface area contributed by atoms with Crippen LogP contribution in [0.5, 0.6) is 0 Å². The summed E-state index contributed by atoms with van der Waals surface area (Å²) in [7, 11) is -3.69. The van der Waals surface area contributed by atoms with Crippen LogP contribution in [0.3, 0.4) is 0 Å². The standard InChI is InChI=1S/C13H10Cl2O3S2/c1-8-4-2-3-5-11(8)20(17,18)7-10(16)9-6-12(14)19-13(9)15/h2-6H,7H2,1H3. The molecule has 1 heterocycles. The van der Waals surface area contributed by atoms with Crippen molar-refractivity contribution in [1.29, 1.82) is 0 Å². The van der Waals surface area contributed by atoms with Crippen LogP contribution in [-0.2, 0) is 9.84 Å². The summed E-state index contributed by atoms with van der Waals surface area (Å²) in [4.78, 5) is 12.2. The van der Waals surface area contributed by atoms with E-state index >= 15 is 0 Å². The van der Waals surface area contributed by atoms with Crippen LogP contribution in [0.25, 0.3) is 0 Å². The lowest BCUT2D eigenvalue weighted by Crippen LogP contribution is -2.17. The van der Waals surface area contributed by atoms with Crippen LogP contribution in [0.4, 0.5) is 0 Å². The number of aryl methyl sites for hydroxylation is 1. The average molecular weight is 349 g/mol. The number of sulfone groups is 1. The summed E-state index contributed by atoms with van der Waals surface area (Å²) in [6.07, 6.45) is 0. The number of thiophene rings is 1. The Morgan fingerprint density at radius 2 is 1.90 bits per heavy atom. The van der Waals surface area contributed by atoms with E-state index in [1.54, 1.807) is 25.1 Å². The predicted molar refractivity (Wildman–Crippen MR) is 81.9 cm³/mol. The second-order valence-corrected chi connectivity index (χ2v) is 8.43. The molecule has 0 unspecified atom stereocenters. The normalized spacial score (nSPS) is 11.6. The molecule has 0 aliphatic carbocycles. The summed E-state index contributed by atoms with van der Waals surface area (Å²) in [5, 5.41) is 0. The molecule has 2 aromatic rings. The van der Waals surface area contributed by atoms with Gasteiger partial charge in [-0.05, 0) is 24.6 Å². The molecule has 0 fully saturated rings. The smallest absolute Gasteiger partial charge is 0.186 e. The highest BCUT2D eigenvalue weighted by Gasteiger charge is 2.24. The van der Waals surface area contributed by atoms with E-state index in [4.69, 9.17) is 23.2 Å². The average Bonchev–Trinajstić information content (AvgIpc) is 2.68. The first kappa shape index (κ1) is 15.5. The van der Waals surface area contributed by atoms with Gasteiger partial charge in [-0.3, -0.25) is 4.79 Å². The molecular formula is C13H10Cl2O3S2. The maximum absolute atomic E-state index is 12.3. The summed E-state index contributed by atoms with van der Waals surface area (Å²) in [6.45, 7) is 1.69. The van der Waals surface area contributed by atoms with Crippen molar-refractivity contribution in [2.75, 3.05) is 5.75 Å². The molecule has 106 valence electrons. The van der Waals surface area contributed by atoms with E-state index in [0.29, 0.717) is 9.90 Å². The van der Waals surface area contributed by atoms with E-state index in [0.717, 1.165) is 11.3 Å². The van der Waals surface area contributed by atoms with Gasteiger partial charge < -0.3 is 0 Å². The number of hydrogen-bond acceptors (Lipinski definition) is 4. The van der Waals surface area contributed by atoms with E-state index in [1.807, 2.05) is 0 Å². The number of benzene rings is 1. The Balaban J connectivity index is 2.32. The predicted octanol–water partition coefficient (Wildman–Crippen LogP) is 4.02. The minimum absolute atomic E-state index is 0.152. The number of Topliss-reactive ketones (excluding diaryl/α,β-unsaturated/α-hetero) is 1. The van der Waals surface area contributed by atoms with Crippen LogP contribution in [0, 0.1) is 6.92 Å². The van der Waals surface area contributed by atoms with Crippen LogP contribution < -0.4 is 0 Å². The summed E-state index contributed by atoms with van der Waals surface area (Å²) in [5.41, 5.74) is 0.758. The molecule has 0 aliphatic heterocycles. The number of hydrogen-bond donors (Lipinski definition) is 0. The molecule has 1 aromatic carbocycles. The van der Waals surface area contributed by atoms with Crippen molar-refractivity contribution < 1.29 is 13.2 Å². The fourth-order valence-electron chi connectivity index (χ4n) is 1.76. The quantitative estimate of drug-likeness (QED) is 0.784. The van der Waals surface area contributed by atoms with Crippen LogP contribution in [0.1, 0.15) is 15.9 Å². The Morgan fingerprint density at radius 1 is 1.25 bits per heavy atom. The van der Waals surface area contributed by atoms with E-state index in [2.05, 4.69) is 0 Å². The van der Waals surface area contributed by atoms with Gasteiger partial charge in [0.25, 0.3) is 0 Å². The van der Waals surface area contributed by atoms with E-state index < -0.39 is 21.4 Å². The second-order valence-electron chi connectivity index (χ2n) is 4.19. The molecule has 20 heavy (non-hydrogen) atoms. The van der Waals surface area contributed by atoms with Gasteiger partial charge in [0.1, 0.15) is 10.1 Å². The number of carbonyl (C=O) groups excluding carboxylic acids is 1. The van der Waals surface area contributed by atoms with E-state index in [-0.39, 0.29) is 14.8 Å². The van der Waals surface area contributed by atoms with Gasteiger partial charge in [-0.1, -0.05) is 41.4 Å². The Kier molecular flexibility index (Phi) is 4.54. The van der Waals surface area contributed by atoms with Gasteiger partial charge in [0, 0.05) is 5.56 Å². The first-order valence-electron chi connectivity index (χ1n) is 5.57. The minimum Gasteiger partial charge on any atom is -0.293 e. The highest BCUT2D eigenvalue weighted by atomic mass is 35.5. The van der Waals surface area contributed by atoms with Crippen molar-refractivity contribution in [1.82, 2.24) is 0 Å². The number of carbonyl (C=O) groups is 1. The molecule has 0 bridgehead atoms. The Morgan fingerprint density at radius 3 is 2.45 bits per heavy atom. The van der Waals surface area contributed by atoms with Crippen LogP contribution >= 0.6 is 34.5 Å². The van der Waals surface area contributed by atoms with Crippen molar-refractivity contribution in [3.8, 4) is 0 Å². The molecule has 0 saturated carbocycles. The summed E-state index contributed by atoms with van der Waals surface area (Å²) in [5.74, 6) is -1.17. The summed E-state index contributed by atoms with van der Waals surface area (Å²) in [6, 6.07) is 7.93. The fourth-order valence-corrected chi connectivity index (χ4v) is 4.76. The molecule has 0 N–H and O–H groups in total. The molecule has 3 nitrogen and oxygen atoms in total. The third kappa shape index (κ3) is 3.23. The van der Waals surface area contributed by atoms with Gasteiger partial charge in [0.05, 0.1) is 9.23 Å². The third-order valence-corrected chi connectivity index (χ3v) is 5.96. The summed E-state index contributed by atoms with van der Waals surface area (Å²) < 4.78 is 25.1. The van der Waals surface area contributed by atoms with Gasteiger partial charge >= 0.3 is 0 Å². The van der Waals surface area contributed by atoms with Gasteiger partial charge in [-0.2, -0.15) is 0 Å². The lowest BCUT2D eigenvalue weighted by molar-refractivity contribution is 0.102. The van der Waals surface area contributed by atoms with Gasteiger partial charge in [-0.25, -0.2) is 8.42 Å². The molecular weight excluding hydrogens is 339 g/mol. The Bertz CT molecular complexity index is 764. The van der Waals surface area contributed by atoms with Crippen molar-refractivity contribution in [2.45, 2.75) is 11.8 Å². The lowest BCUT2D eigenvalue weighted by Gasteiger charge is -2.06. The lowest BCUT2D eigenvalue weighted by atomic mass is 10.2.